The molecular weight excluding hydrogens is 426 g/mol. The third-order valence-corrected chi connectivity index (χ3v) is 4.44. The van der Waals surface area contributed by atoms with Crippen molar-refractivity contribution in [1.29, 1.82) is 0 Å². The number of aromatic nitrogens is 4. The molecule has 1 aromatic carbocycles. The number of tetrazole rings is 1. The van der Waals surface area contributed by atoms with Crippen LogP contribution in [0.15, 0.2) is 30.3 Å². The number of unbranched alkanes of at least 4 members (excludes halogenated alkanes) is 2. The molecule has 0 bridgehead atoms. The van der Waals surface area contributed by atoms with Crippen LogP contribution in [0.25, 0.3) is 0 Å². The number of nitrogens with zero attached hydrogens (tertiary/aromatic N) is 4. The van der Waals surface area contributed by atoms with Crippen LogP contribution in [0.2, 0.25) is 0 Å². The van der Waals surface area contributed by atoms with E-state index in [9.17, 15) is 9.59 Å². The third-order valence-electron chi connectivity index (χ3n) is 4.44. The van der Waals surface area contributed by atoms with Gasteiger partial charge in [-0.25, -0.2) is 4.68 Å². The predicted molar refractivity (Wildman–Crippen MR) is 123 cm³/mol. The Balaban J connectivity index is 0.000000582. The normalized spacial score (nSPS) is 11.8. The number of ether oxygens (including phenoxy) is 1. The highest BCUT2D eigenvalue weighted by Crippen LogP contribution is 2.16. The second-order valence-corrected chi connectivity index (χ2v) is 7.99. The summed E-state index contributed by atoms with van der Waals surface area (Å²) >= 11 is 0. The number of aryl methyl sites for hydroxylation is 1. The summed E-state index contributed by atoms with van der Waals surface area (Å²) in [5.41, 5.74) is 5.84. The SMILES string of the molecule is CCCCn1nnnc1C(NC(=O)C(C)(C)N)OCc1ccccc1.O=CNCCCCO. The molecule has 0 aliphatic heterocycles. The Morgan fingerprint density at radius 2 is 2.00 bits per heavy atom. The van der Waals surface area contributed by atoms with Gasteiger partial charge in [-0.2, -0.15) is 0 Å². The van der Waals surface area contributed by atoms with Gasteiger partial charge in [0.05, 0.1) is 12.1 Å². The number of amides is 2. The van der Waals surface area contributed by atoms with E-state index in [-0.39, 0.29) is 12.5 Å². The fraction of sp³-hybridized carbons (Fsp3) is 0.591. The molecule has 1 unspecified atom stereocenters. The van der Waals surface area contributed by atoms with Gasteiger partial charge in [0.1, 0.15) is 0 Å². The Morgan fingerprint density at radius 1 is 1.27 bits per heavy atom. The van der Waals surface area contributed by atoms with Gasteiger partial charge in [-0.15, -0.1) is 5.10 Å². The van der Waals surface area contributed by atoms with Crippen LogP contribution in [0.1, 0.15) is 64.1 Å². The summed E-state index contributed by atoms with van der Waals surface area (Å²) in [6, 6.07) is 9.70. The van der Waals surface area contributed by atoms with E-state index in [0.717, 1.165) is 31.2 Å². The average molecular weight is 464 g/mol. The van der Waals surface area contributed by atoms with Crippen molar-refractivity contribution in [3.63, 3.8) is 0 Å². The van der Waals surface area contributed by atoms with Gasteiger partial charge in [-0.3, -0.25) is 9.59 Å². The minimum absolute atomic E-state index is 0.209. The summed E-state index contributed by atoms with van der Waals surface area (Å²) < 4.78 is 7.56. The fourth-order valence-corrected chi connectivity index (χ4v) is 2.50. The van der Waals surface area contributed by atoms with E-state index in [1.165, 1.54) is 0 Å². The number of nitrogens with one attached hydrogen (secondary N) is 2. The average Bonchev–Trinajstić information content (AvgIpc) is 3.27. The summed E-state index contributed by atoms with van der Waals surface area (Å²) in [5.74, 6) is 0.123. The van der Waals surface area contributed by atoms with Crippen LogP contribution in [0.4, 0.5) is 0 Å². The van der Waals surface area contributed by atoms with Crippen molar-refractivity contribution in [1.82, 2.24) is 30.8 Å². The monoisotopic (exact) mass is 463 g/mol. The molecule has 2 amide bonds. The number of hydrogen-bond acceptors (Lipinski definition) is 8. The van der Waals surface area contributed by atoms with Gasteiger partial charge < -0.3 is 26.2 Å². The van der Waals surface area contributed by atoms with Crippen LogP contribution in [-0.2, 0) is 27.5 Å². The van der Waals surface area contributed by atoms with E-state index in [2.05, 4.69) is 33.1 Å². The zero-order valence-electron chi connectivity index (χ0n) is 19.7. The Labute approximate surface area is 195 Å². The van der Waals surface area contributed by atoms with Gasteiger partial charge >= 0.3 is 0 Å². The first-order valence-electron chi connectivity index (χ1n) is 11.1. The number of nitrogens with two attached hydrogens (primary N) is 1. The molecule has 0 spiro atoms. The summed E-state index contributed by atoms with van der Waals surface area (Å²) in [5, 5.41) is 25.3. The highest BCUT2D eigenvalue weighted by molar-refractivity contribution is 5.85. The van der Waals surface area contributed by atoms with Gasteiger partial charge in [0.15, 0.2) is 6.23 Å². The van der Waals surface area contributed by atoms with Crippen molar-refractivity contribution in [3.05, 3.63) is 41.7 Å². The smallest absolute Gasteiger partial charge is 0.241 e. The number of aliphatic hydroxyl groups is 1. The van der Waals surface area contributed by atoms with Crippen LogP contribution in [0.3, 0.4) is 0 Å². The minimum atomic E-state index is -1.03. The van der Waals surface area contributed by atoms with E-state index < -0.39 is 11.8 Å². The largest absolute Gasteiger partial charge is 0.396 e. The molecule has 5 N–H and O–H groups in total. The Kier molecular flexibility index (Phi) is 13.5. The van der Waals surface area contributed by atoms with E-state index in [4.69, 9.17) is 15.6 Å². The summed E-state index contributed by atoms with van der Waals surface area (Å²) in [7, 11) is 0. The Bertz CT molecular complexity index is 794. The van der Waals surface area contributed by atoms with Crippen LogP contribution in [0, 0.1) is 0 Å². The second kappa shape index (κ2) is 15.8. The van der Waals surface area contributed by atoms with E-state index in [1.807, 2.05) is 30.3 Å². The number of benzene rings is 1. The van der Waals surface area contributed by atoms with E-state index in [1.54, 1.807) is 18.5 Å². The van der Waals surface area contributed by atoms with Crippen molar-refractivity contribution in [3.8, 4) is 0 Å². The molecule has 2 rings (SSSR count). The highest BCUT2D eigenvalue weighted by Gasteiger charge is 2.28. The molecule has 1 heterocycles. The highest BCUT2D eigenvalue weighted by atomic mass is 16.5. The molecule has 0 radical (unpaired) electrons. The van der Waals surface area contributed by atoms with Crippen molar-refractivity contribution in [2.45, 2.75) is 71.4 Å². The predicted octanol–water partition coefficient (Wildman–Crippen LogP) is 1.05. The zero-order valence-corrected chi connectivity index (χ0v) is 19.7. The number of hydrogen-bond donors (Lipinski definition) is 4. The summed E-state index contributed by atoms with van der Waals surface area (Å²) in [6.45, 7) is 7.22. The third kappa shape index (κ3) is 11.5. The maximum absolute atomic E-state index is 12.3. The molecular formula is C22H37N7O4. The van der Waals surface area contributed by atoms with Crippen LogP contribution >= 0.6 is 0 Å². The molecule has 0 saturated heterocycles. The number of carbonyl (C=O) groups excluding carboxylic acids is 2. The van der Waals surface area contributed by atoms with Gasteiger partial charge in [0.25, 0.3) is 0 Å². The maximum Gasteiger partial charge on any atom is 0.241 e. The van der Waals surface area contributed by atoms with Crippen molar-refractivity contribution < 1.29 is 19.4 Å². The van der Waals surface area contributed by atoms with Gasteiger partial charge in [-0.1, -0.05) is 43.7 Å². The minimum Gasteiger partial charge on any atom is -0.396 e. The fourth-order valence-electron chi connectivity index (χ4n) is 2.50. The van der Waals surface area contributed by atoms with Crippen molar-refractivity contribution in [2.24, 2.45) is 5.73 Å². The summed E-state index contributed by atoms with van der Waals surface area (Å²) in [4.78, 5) is 21.9. The first kappa shape index (κ1) is 28.1. The Morgan fingerprint density at radius 3 is 2.61 bits per heavy atom. The lowest BCUT2D eigenvalue weighted by atomic mass is 10.1. The second-order valence-electron chi connectivity index (χ2n) is 7.99. The molecule has 184 valence electrons. The molecule has 1 atom stereocenters. The molecule has 33 heavy (non-hydrogen) atoms. The van der Waals surface area contributed by atoms with Crippen LogP contribution in [-0.4, -0.2) is 56.3 Å². The molecule has 11 heteroatoms. The van der Waals surface area contributed by atoms with Gasteiger partial charge in [-0.05, 0) is 49.1 Å². The van der Waals surface area contributed by atoms with Crippen LogP contribution < -0.4 is 16.4 Å². The zero-order chi connectivity index (χ0) is 24.5. The molecule has 2 aromatic rings. The van der Waals surface area contributed by atoms with E-state index >= 15 is 0 Å². The standard InChI is InChI=1S/C17H26N6O2.C5H11NO2/c1-4-5-11-23-14(20-21-22-23)15(19-16(24)17(2,3)18)25-12-13-9-7-6-8-10-13;7-4-2-1-3-6-5-8/h6-10,15H,4-5,11-12,18H2,1-3H3,(H,19,24);5,7H,1-4H2,(H,6,8). The van der Waals surface area contributed by atoms with Crippen molar-refractivity contribution in [2.75, 3.05) is 13.2 Å². The summed E-state index contributed by atoms with van der Waals surface area (Å²) in [6.07, 6.45) is 3.45. The van der Waals surface area contributed by atoms with Gasteiger partial charge in [0, 0.05) is 19.7 Å². The molecule has 0 aliphatic rings. The topological polar surface area (TPSA) is 157 Å². The Hall–Kier alpha value is -2.89. The van der Waals surface area contributed by atoms with E-state index in [0.29, 0.717) is 31.9 Å². The van der Waals surface area contributed by atoms with Crippen molar-refractivity contribution >= 4 is 12.3 Å². The number of aliphatic hydroxyl groups excluding tert-OH is 1. The van der Waals surface area contributed by atoms with Gasteiger partial charge in [0.2, 0.25) is 18.1 Å². The first-order valence-corrected chi connectivity index (χ1v) is 11.1. The first-order chi connectivity index (χ1) is 15.8. The maximum atomic E-state index is 12.3. The lowest BCUT2D eigenvalue weighted by Gasteiger charge is -2.24. The lowest BCUT2D eigenvalue weighted by Crippen LogP contribution is -2.50. The lowest BCUT2D eigenvalue weighted by molar-refractivity contribution is -0.130. The quantitative estimate of drug-likeness (QED) is 0.184. The molecule has 11 nitrogen and oxygen atoms in total. The number of rotatable bonds is 14. The molecule has 0 aliphatic carbocycles. The molecule has 0 fully saturated rings. The number of carbonyl (C=O) groups is 2. The molecule has 0 saturated carbocycles. The molecule has 1 aromatic heterocycles. The van der Waals surface area contributed by atoms with Crippen LogP contribution in [0.5, 0.6) is 0 Å².